The van der Waals surface area contributed by atoms with Crippen molar-refractivity contribution >= 4 is 21.8 Å². The van der Waals surface area contributed by atoms with E-state index in [9.17, 15) is 4.39 Å². The molecule has 3 aromatic carbocycles. The second-order valence-electron chi connectivity index (χ2n) is 7.82. The molecule has 3 aromatic heterocycles. The van der Waals surface area contributed by atoms with E-state index in [1.165, 1.54) is 12.1 Å². The van der Waals surface area contributed by atoms with Gasteiger partial charge in [0.25, 0.3) is 12.0 Å². The van der Waals surface area contributed by atoms with Gasteiger partial charge in [0, 0.05) is 56.1 Å². The van der Waals surface area contributed by atoms with E-state index in [0.29, 0.717) is 23.5 Å². The van der Waals surface area contributed by atoms with Crippen LogP contribution in [0.4, 0.5) is 4.39 Å². The summed E-state index contributed by atoms with van der Waals surface area (Å²) in [6.45, 7) is 0. The Bertz CT molecular complexity index is 1550. The molecule has 7 nitrogen and oxygen atoms in total. The zero-order valence-electron chi connectivity index (χ0n) is 18.7. The van der Waals surface area contributed by atoms with Crippen molar-refractivity contribution in [2.24, 2.45) is 14.1 Å². The maximum atomic E-state index is 13.6. The number of hydrogen-bond donors (Lipinski definition) is 0. The van der Waals surface area contributed by atoms with Crippen molar-refractivity contribution in [3.05, 3.63) is 91.3 Å². The second-order valence-corrected chi connectivity index (χ2v) is 7.82. The number of ether oxygens (including phenoxy) is 2. The van der Waals surface area contributed by atoms with Crippen LogP contribution in [0.5, 0.6) is 23.5 Å². The maximum absolute atomic E-state index is 13.6. The number of imidazole rings is 2. The molecule has 0 fully saturated rings. The van der Waals surface area contributed by atoms with E-state index in [-0.39, 0.29) is 26.9 Å². The van der Waals surface area contributed by atoms with Crippen LogP contribution in [-0.2, 0) is 35.2 Å². The van der Waals surface area contributed by atoms with Crippen molar-refractivity contribution in [1.29, 1.82) is 0 Å². The number of nitrogens with zero attached hydrogens (tertiary/aromatic N) is 5. The minimum atomic E-state index is -0.292. The summed E-state index contributed by atoms with van der Waals surface area (Å²) in [5.41, 5.74) is 2.57. The summed E-state index contributed by atoms with van der Waals surface area (Å²) in [5.74, 6) is 0.742. The van der Waals surface area contributed by atoms with Crippen LogP contribution in [0, 0.1) is 17.9 Å². The average Bonchev–Trinajstić information content (AvgIpc) is 3.52. The molecule has 0 amide bonds. The van der Waals surface area contributed by atoms with Crippen LogP contribution >= 0.6 is 0 Å². The fourth-order valence-corrected chi connectivity index (χ4v) is 3.90. The average molecular weight is 647 g/mol. The number of rotatable bonds is 5. The molecular weight excluding hydrogens is 628 g/mol. The van der Waals surface area contributed by atoms with Crippen molar-refractivity contribution in [1.82, 2.24) is 23.7 Å². The zero-order chi connectivity index (χ0) is 23.2. The van der Waals surface area contributed by atoms with Gasteiger partial charge in [-0.3, -0.25) is 0 Å². The summed E-state index contributed by atoms with van der Waals surface area (Å²) in [6, 6.07) is 21.6. The van der Waals surface area contributed by atoms with Crippen molar-refractivity contribution in [3.8, 4) is 29.2 Å². The number of fused-ring (bicyclic) bond motifs is 3. The number of benzene rings is 3. The predicted molar refractivity (Wildman–Crippen MR) is 125 cm³/mol. The normalized spacial score (nSPS) is 11.1. The Morgan fingerprint density at radius 1 is 0.714 bits per heavy atom. The molecule has 0 atom stereocenters. The van der Waals surface area contributed by atoms with E-state index in [4.69, 9.17) is 9.47 Å². The van der Waals surface area contributed by atoms with Crippen molar-refractivity contribution in [2.75, 3.05) is 0 Å². The molecule has 0 N–H and O–H groups in total. The number of hydrogen-bond acceptors (Lipinski definition) is 4. The number of aryl methyl sites for hydroxylation is 2. The zero-order valence-corrected chi connectivity index (χ0v) is 20.9. The molecule has 35 heavy (non-hydrogen) atoms. The standard InChI is InChI=1S/C26H18FN5O2.Pt/c1-30-13-11-28-25(30)33-19-7-9-23-21(15-19)22-16-20(34-26-29-12-14-31(26)2)8-10-24(22)32(23)18-5-3-17(27)4-6-18;/h3-14H,1-2H3;/q-2;+2. The Kier molecular flexibility index (Phi) is 5.91. The maximum Gasteiger partial charge on any atom is 2.00 e. The van der Waals surface area contributed by atoms with Gasteiger partial charge in [-0.05, 0) is 24.3 Å². The molecule has 6 aromatic rings. The molecule has 0 unspecified atom stereocenters. The fraction of sp³-hybridized carbons (Fsp3) is 0.0769. The van der Waals surface area contributed by atoms with Gasteiger partial charge in [-0.25, -0.2) is 14.4 Å². The van der Waals surface area contributed by atoms with Gasteiger partial charge in [0.15, 0.2) is 0 Å². The monoisotopic (exact) mass is 646 g/mol. The Labute approximate surface area is 214 Å². The van der Waals surface area contributed by atoms with Crippen LogP contribution in [0.15, 0.2) is 73.3 Å². The van der Waals surface area contributed by atoms with E-state index in [1.54, 1.807) is 33.7 Å². The first-order chi connectivity index (χ1) is 16.6. The Morgan fingerprint density at radius 2 is 1.20 bits per heavy atom. The molecule has 0 saturated heterocycles. The molecule has 0 spiro atoms. The summed E-state index contributed by atoms with van der Waals surface area (Å²) in [6.07, 6.45) is 6.96. The summed E-state index contributed by atoms with van der Waals surface area (Å²) >= 11 is 0. The van der Waals surface area contributed by atoms with Gasteiger partial charge in [0.2, 0.25) is 0 Å². The third-order valence-corrected chi connectivity index (χ3v) is 5.57. The van der Waals surface area contributed by atoms with Gasteiger partial charge in [-0.2, -0.15) is 10.8 Å². The summed E-state index contributed by atoms with van der Waals surface area (Å²) in [5, 5.41) is 1.58. The van der Waals surface area contributed by atoms with Crippen LogP contribution in [-0.4, -0.2) is 23.7 Å². The van der Waals surface area contributed by atoms with Crippen molar-refractivity contribution < 1.29 is 34.9 Å². The summed E-state index contributed by atoms with van der Waals surface area (Å²) in [4.78, 5) is 8.44. The molecule has 0 aliphatic rings. The van der Waals surface area contributed by atoms with E-state index < -0.39 is 0 Å². The van der Waals surface area contributed by atoms with Gasteiger partial charge < -0.3 is 23.2 Å². The third kappa shape index (κ3) is 4.10. The number of halogens is 1. The van der Waals surface area contributed by atoms with Crippen LogP contribution in [0.3, 0.4) is 0 Å². The molecule has 0 radical (unpaired) electrons. The molecule has 9 heteroatoms. The van der Waals surface area contributed by atoms with Crippen molar-refractivity contribution in [2.45, 2.75) is 0 Å². The van der Waals surface area contributed by atoms with Gasteiger partial charge in [0.1, 0.15) is 5.82 Å². The van der Waals surface area contributed by atoms with Gasteiger partial charge in [-0.15, -0.1) is 36.4 Å². The molecule has 6 rings (SSSR count). The molecule has 3 heterocycles. The van der Waals surface area contributed by atoms with Gasteiger partial charge >= 0.3 is 21.1 Å². The van der Waals surface area contributed by atoms with Crippen LogP contribution in [0.1, 0.15) is 0 Å². The molecular formula is C26H18FN5O2Pt. The second kappa shape index (κ2) is 9.04. The Balaban J connectivity index is 0.00000253. The molecule has 0 bridgehead atoms. The Hall–Kier alpha value is -3.90. The molecule has 0 aliphatic heterocycles. The van der Waals surface area contributed by atoms with E-state index >= 15 is 0 Å². The van der Waals surface area contributed by atoms with Crippen LogP contribution in [0.25, 0.3) is 27.5 Å². The first kappa shape index (κ1) is 22.9. The fourth-order valence-electron chi connectivity index (χ4n) is 3.90. The quantitative estimate of drug-likeness (QED) is 0.230. The van der Waals surface area contributed by atoms with Gasteiger partial charge in [0.05, 0.1) is 0 Å². The predicted octanol–water partition coefficient (Wildman–Crippen LogP) is 5.57. The minimum Gasteiger partial charge on any atom is -0.447 e. The smallest absolute Gasteiger partial charge is 0.447 e. The van der Waals surface area contributed by atoms with Crippen LogP contribution in [0.2, 0.25) is 0 Å². The van der Waals surface area contributed by atoms with E-state index in [1.807, 2.05) is 55.3 Å². The van der Waals surface area contributed by atoms with Crippen LogP contribution < -0.4 is 9.47 Å². The first-order valence-electron chi connectivity index (χ1n) is 10.6. The Morgan fingerprint density at radius 3 is 1.63 bits per heavy atom. The molecule has 176 valence electrons. The van der Waals surface area contributed by atoms with Crippen molar-refractivity contribution in [3.63, 3.8) is 0 Å². The first-order valence-corrected chi connectivity index (χ1v) is 10.6. The molecule has 0 saturated carbocycles. The molecule has 0 aliphatic carbocycles. The van der Waals surface area contributed by atoms with Gasteiger partial charge in [-0.1, -0.05) is 11.0 Å². The summed E-state index contributed by atoms with van der Waals surface area (Å²) in [7, 11) is 3.71. The SMILES string of the molecule is Cn1ccnc1Oc1[c-]c2c3[c-]c(Oc4nccn4C)ccc3n(-c3ccc(F)cc3)c2cc1.[Pt+2]. The van der Waals surface area contributed by atoms with E-state index in [2.05, 4.69) is 22.1 Å². The topological polar surface area (TPSA) is 59.0 Å². The summed E-state index contributed by atoms with van der Waals surface area (Å²) < 4.78 is 31.1. The minimum absolute atomic E-state index is 0. The largest absolute Gasteiger partial charge is 2.00 e. The van der Waals surface area contributed by atoms with E-state index in [0.717, 1.165) is 27.5 Å². The third-order valence-electron chi connectivity index (χ3n) is 5.57. The number of aromatic nitrogens is 5.